The topological polar surface area (TPSA) is 89.4 Å². The second-order valence-corrected chi connectivity index (χ2v) is 8.54. The summed E-state index contributed by atoms with van der Waals surface area (Å²) in [5, 5.41) is 13.2. The number of piperidine rings is 1. The molecule has 1 aliphatic heterocycles. The molecule has 1 aliphatic rings. The minimum absolute atomic E-state index is 0.138. The van der Waals surface area contributed by atoms with Gasteiger partial charge in [0.15, 0.2) is 5.65 Å². The summed E-state index contributed by atoms with van der Waals surface area (Å²) in [5.74, 6) is 0.585. The summed E-state index contributed by atoms with van der Waals surface area (Å²) in [5.41, 5.74) is 2.70. The van der Waals surface area contributed by atoms with Crippen LogP contribution < -0.4 is 0 Å². The molecule has 0 aliphatic carbocycles. The summed E-state index contributed by atoms with van der Waals surface area (Å²) in [6, 6.07) is 13.8. The number of nitrogens with zero attached hydrogens (tertiary/aromatic N) is 6. The van der Waals surface area contributed by atoms with Crippen LogP contribution in [0.4, 0.5) is 4.39 Å². The predicted octanol–water partition coefficient (Wildman–Crippen LogP) is 4.40. The van der Waals surface area contributed by atoms with E-state index in [1.807, 2.05) is 33.7 Å². The fraction of sp³-hybridized carbons (Fsp3) is 0.240. The lowest BCUT2D eigenvalue weighted by atomic mass is 9.95. The van der Waals surface area contributed by atoms with E-state index >= 15 is 0 Å². The van der Waals surface area contributed by atoms with Crippen LogP contribution in [0.5, 0.6) is 0 Å². The van der Waals surface area contributed by atoms with Crippen LogP contribution in [0.3, 0.4) is 0 Å². The number of pyridine rings is 2. The predicted molar refractivity (Wildman–Crippen MR) is 123 cm³/mol. The van der Waals surface area contributed by atoms with E-state index in [0.29, 0.717) is 41.0 Å². The van der Waals surface area contributed by atoms with Gasteiger partial charge < -0.3 is 9.42 Å². The van der Waals surface area contributed by atoms with Crippen LogP contribution in [0.2, 0.25) is 0 Å². The van der Waals surface area contributed by atoms with E-state index in [-0.39, 0.29) is 17.5 Å². The number of aromatic nitrogens is 5. The summed E-state index contributed by atoms with van der Waals surface area (Å²) in [6.07, 6.45) is 3.52. The van der Waals surface area contributed by atoms with Crippen molar-refractivity contribution < 1.29 is 13.7 Å². The summed E-state index contributed by atoms with van der Waals surface area (Å²) in [7, 11) is 0. The molecule has 6 rings (SSSR count). The van der Waals surface area contributed by atoms with Crippen molar-refractivity contribution in [3.63, 3.8) is 0 Å². The third kappa shape index (κ3) is 3.32. The van der Waals surface area contributed by atoms with Gasteiger partial charge in [-0.25, -0.2) is 9.37 Å². The summed E-state index contributed by atoms with van der Waals surface area (Å²) in [6.45, 7) is 2.93. The van der Waals surface area contributed by atoms with E-state index in [1.54, 1.807) is 31.2 Å². The van der Waals surface area contributed by atoms with Gasteiger partial charge >= 0.3 is 0 Å². The van der Waals surface area contributed by atoms with Crippen LogP contribution in [0.25, 0.3) is 28.0 Å². The van der Waals surface area contributed by atoms with Crippen molar-refractivity contribution in [3.8, 4) is 11.3 Å². The van der Waals surface area contributed by atoms with Crippen LogP contribution in [-0.2, 0) is 0 Å². The number of aryl methyl sites for hydroxylation is 1. The molecule has 1 amide bonds. The smallest absolute Gasteiger partial charge is 0.259 e. The zero-order valence-electron chi connectivity index (χ0n) is 18.5. The summed E-state index contributed by atoms with van der Waals surface area (Å²) >= 11 is 0. The molecular weight excluding hydrogens is 435 g/mol. The number of carbonyl (C=O) groups is 1. The highest BCUT2D eigenvalue weighted by Gasteiger charge is 2.30. The molecule has 1 fully saturated rings. The van der Waals surface area contributed by atoms with Crippen LogP contribution in [0.1, 0.15) is 40.6 Å². The molecule has 4 aromatic heterocycles. The van der Waals surface area contributed by atoms with Gasteiger partial charge in [-0.2, -0.15) is 0 Å². The van der Waals surface area contributed by atoms with Gasteiger partial charge in [0.2, 0.25) is 0 Å². The standard InChI is InChI=1S/C25H21FN6O2/c1-15-22-18(14-20(27-24(22)34-30-15)17-6-2-3-7-19(17)26)25(33)31-12-9-16(10-13-31)23-29-28-21-8-4-5-11-32(21)23/h2-8,11,14,16H,9-10,12-13H2,1H3. The van der Waals surface area contributed by atoms with Crippen LogP contribution in [0, 0.1) is 12.7 Å². The number of likely N-dealkylation sites (tertiary alicyclic amines) is 1. The number of halogens is 1. The first-order chi connectivity index (χ1) is 16.6. The molecule has 170 valence electrons. The Hall–Kier alpha value is -4.14. The molecule has 8 nitrogen and oxygen atoms in total. The number of rotatable bonds is 3. The van der Waals surface area contributed by atoms with Crippen molar-refractivity contribution in [3.05, 3.63) is 77.6 Å². The zero-order chi connectivity index (χ0) is 23.2. The lowest BCUT2D eigenvalue weighted by molar-refractivity contribution is 0.0712. The summed E-state index contributed by atoms with van der Waals surface area (Å²) in [4.78, 5) is 19.9. The Kier molecular flexibility index (Phi) is 4.83. The number of hydrogen-bond donors (Lipinski definition) is 0. The van der Waals surface area contributed by atoms with Gasteiger partial charge in [-0.1, -0.05) is 23.4 Å². The normalized spacial score (nSPS) is 14.8. The third-order valence-corrected chi connectivity index (χ3v) is 6.48. The molecular formula is C25H21FN6O2. The molecule has 0 bridgehead atoms. The molecule has 5 heterocycles. The van der Waals surface area contributed by atoms with Gasteiger partial charge in [-0.3, -0.25) is 9.20 Å². The molecule has 0 radical (unpaired) electrons. The molecule has 1 saturated heterocycles. The Balaban J connectivity index is 1.31. The Bertz CT molecular complexity index is 1530. The van der Waals surface area contributed by atoms with Gasteiger partial charge in [0.25, 0.3) is 11.6 Å². The average Bonchev–Trinajstić information content (AvgIpc) is 3.47. The number of fused-ring (bicyclic) bond motifs is 2. The van der Waals surface area contributed by atoms with E-state index in [1.165, 1.54) is 6.07 Å². The molecule has 0 atom stereocenters. The lowest BCUT2D eigenvalue weighted by Gasteiger charge is -2.31. The first-order valence-electron chi connectivity index (χ1n) is 11.2. The lowest BCUT2D eigenvalue weighted by Crippen LogP contribution is -2.38. The maximum Gasteiger partial charge on any atom is 0.259 e. The van der Waals surface area contributed by atoms with Crippen molar-refractivity contribution in [1.29, 1.82) is 0 Å². The molecule has 34 heavy (non-hydrogen) atoms. The van der Waals surface area contributed by atoms with E-state index < -0.39 is 5.82 Å². The highest BCUT2D eigenvalue weighted by Crippen LogP contribution is 2.32. The van der Waals surface area contributed by atoms with Crippen LogP contribution >= 0.6 is 0 Å². The van der Waals surface area contributed by atoms with Crippen molar-refractivity contribution in [2.45, 2.75) is 25.7 Å². The van der Waals surface area contributed by atoms with Gasteiger partial charge in [0.1, 0.15) is 11.6 Å². The quantitative estimate of drug-likeness (QED) is 0.400. The molecule has 1 aromatic carbocycles. The zero-order valence-corrected chi connectivity index (χ0v) is 18.5. The van der Waals surface area contributed by atoms with Gasteiger partial charge in [0, 0.05) is 30.8 Å². The Morgan fingerprint density at radius 3 is 2.71 bits per heavy atom. The van der Waals surface area contributed by atoms with Gasteiger partial charge in [-0.05, 0) is 50.1 Å². The fourth-order valence-electron chi connectivity index (χ4n) is 4.72. The first kappa shape index (κ1) is 20.5. The maximum atomic E-state index is 14.5. The molecule has 0 unspecified atom stereocenters. The largest absolute Gasteiger partial charge is 0.339 e. The van der Waals surface area contributed by atoms with Crippen molar-refractivity contribution in [2.24, 2.45) is 0 Å². The summed E-state index contributed by atoms with van der Waals surface area (Å²) < 4.78 is 21.8. The minimum Gasteiger partial charge on any atom is -0.339 e. The first-order valence-corrected chi connectivity index (χ1v) is 11.2. The Morgan fingerprint density at radius 1 is 1.09 bits per heavy atom. The SMILES string of the molecule is Cc1noc2nc(-c3ccccc3F)cc(C(=O)N3CCC(c4nnc5ccccn45)CC3)c12. The number of carbonyl (C=O) groups excluding carboxylic acids is 1. The molecule has 0 saturated carbocycles. The average molecular weight is 456 g/mol. The third-order valence-electron chi connectivity index (χ3n) is 6.48. The van der Waals surface area contributed by atoms with E-state index in [2.05, 4.69) is 20.3 Å². The van der Waals surface area contributed by atoms with Gasteiger partial charge in [-0.15, -0.1) is 10.2 Å². The molecule has 0 spiro atoms. The number of amides is 1. The Labute approximate surface area is 194 Å². The second-order valence-electron chi connectivity index (χ2n) is 8.54. The fourth-order valence-corrected chi connectivity index (χ4v) is 4.72. The Morgan fingerprint density at radius 2 is 1.88 bits per heavy atom. The minimum atomic E-state index is -0.412. The van der Waals surface area contributed by atoms with Gasteiger partial charge in [0.05, 0.1) is 22.3 Å². The van der Waals surface area contributed by atoms with Crippen molar-refractivity contribution in [2.75, 3.05) is 13.1 Å². The highest BCUT2D eigenvalue weighted by molar-refractivity contribution is 6.07. The number of benzene rings is 1. The molecule has 0 N–H and O–H groups in total. The van der Waals surface area contributed by atoms with E-state index in [4.69, 9.17) is 4.52 Å². The molecule has 9 heteroatoms. The molecule has 5 aromatic rings. The van der Waals surface area contributed by atoms with E-state index in [9.17, 15) is 9.18 Å². The van der Waals surface area contributed by atoms with Crippen LogP contribution in [0.15, 0.2) is 59.3 Å². The maximum absolute atomic E-state index is 14.5. The highest BCUT2D eigenvalue weighted by atomic mass is 19.1. The van der Waals surface area contributed by atoms with Crippen molar-refractivity contribution in [1.82, 2.24) is 29.6 Å². The monoisotopic (exact) mass is 456 g/mol. The van der Waals surface area contributed by atoms with Crippen molar-refractivity contribution >= 4 is 22.7 Å². The number of hydrogen-bond acceptors (Lipinski definition) is 6. The van der Waals surface area contributed by atoms with E-state index in [0.717, 1.165) is 24.3 Å². The van der Waals surface area contributed by atoms with Crippen LogP contribution in [-0.4, -0.2) is 48.6 Å². The second kappa shape index (κ2) is 8.02.